The predicted octanol–water partition coefficient (Wildman–Crippen LogP) is -3.55. The summed E-state index contributed by atoms with van der Waals surface area (Å²) in [5, 5.41) is 13.7. The van der Waals surface area contributed by atoms with Crippen LogP contribution in [-0.2, 0) is 0 Å². The van der Waals surface area contributed by atoms with Crippen LogP contribution in [0.3, 0.4) is 0 Å². The number of hydrogen-bond donors (Lipinski definition) is 1. The Kier molecular flexibility index (Phi) is 8.55. The molecule has 1 aromatic rings. The maximum Gasteiger partial charge on any atom is 1.00 e. The number of anilines is 1. The zero-order valence-electron chi connectivity index (χ0n) is 14.6. The van der Waals surface area contributed by atoms with Crippen molar-refractivity contribution in [3.63, 3.8) is 0 Å². The normalized spacial score (nSPS) is 14.3. The first-order chi connectivity index (χ1) is 11.0. The van der Waals surface area contributed by atoms with Crippen LogP contribution in [0.25, 0.3) is 0 Å². The molecule has 0 unspecified atom stereocenters. The van der Waals surface area contributed by atoms with E-state index in [0.717, 1.165) is 25.3 Å². The molecule has 0 spiro atoms. The number of likely N-dealkylation sites (N-methyl/N-ethyl adjacent to an activating group) is 1. The second kappa shape index (κ2) is 9.88. The summed E-state index contributed by atoms with van der Waals surface area (Å²) in [6.07, 6.45) is 0. The van der Waals surface area contributed by atoms with Gasteiger partial charge in [-0.15, -0.1) is 0 Å². The summed E-state index contributed by atoms with van der Waals surface area (Å²) in [6, 6.07) is 6.62. The maximum atomic E-state index is 12.0. The number of carboxylic acids is 1. The number of amides is 2. The van der Waals surface area contributed by atoms with Crippen molar-refractivity contribution in [3.8, 4) is 0 Å². The molecule has 2 rings (SSSR count). The van der Waals surface area contributed by atoms with Gasteiger partial charge in [0.2, 0.25) is 0 Å². The average Bonchev–Trinajstić information content (AvgIpc) is 2.54. The number of carbonyl (C=O) groups is 2. The van der Waals surface area contributed by atoms with E-state index in [4.69, 9.17) is 0 Å². The van der Waals surface area contributed by atoms with Crippen LogP contribution in [-0.4, -0.2) is 75.2 Å². The molecule has 8 heteroatoms. The van der Waals surface area contributed by atoms with E-state index in [-0.39, 0.29) is 41.2 Å². The molecule has 1 aliphatic rings. The van der Waals surface area contributed by atoms with Crippen LogP contribution in [0.4, 0.5) is 10.5 Å². The van der Waals surface area contributed by atoms with Gasteiger partial charge in [0, 0.05) is 45.0 Å². The van der Waals surface area contributed by atoms with Crippen molar-refractivity contribution in [3.05, 3.63) is 29.8 Å². The summed E-state index contributed by atoms with van der Waals surface area (Å²) >= 11 is 0. The number of urea groups is 1. The second-order valence-corrected chi connectivity index (χ2v) is 5.84. The molecule has 1 N–H and O–H groups in total. The Morgan fingerprint density at radius 1 is 1.12 bits per heavy atom. The predicted molar refractivity (Wildman–Crippen MR) is 86.5 cm³/mol. The van der Waals surface area contributed by atoms with Gasteiger partial charge in [-0.25, -0.2) is 4.79 Å². The molecule has 24 heavy (non-hydrogen) atoms. The van der Waals surface area contributed by atoms with Gasteiger partial charge < -0.3 is 29.9 Å². The summed E-state index contributed by atoms with van der Waals surface area (Å²) in [7, 11) is 3.94. The van der Waals surface area contributed by atoms with Gasteiger partial charge in [0.1, 0.15) is 0 Å². The van der Waals surface area contributed by atoms with E-state index < -0.39 is 5.97 Å². The van der Waals surface area contributed by atoms with Crippen LogP contribution in [0, 0.1) is 0 Å². The van der Waals surface area contributed by atoms with Crippen molar-refractivity contribution in [2.45, 2.75) is 0 Å². The molecule has 1 fully saturated rings. The first-order valence-corrected chi connectivity index (χ1v) is 7.71. The fourth-order valence-electron chi connectivity index (χ4n) is 2.47. The molecule has 1 saturated heterocycles. The van der Waals surface area contributed by atoms with Gasteiger partial charge in [0.05, 0.1) is 5.97 Å². The Morgan fingerprint density at radius 3 is 2.21 bits per heavy atom. The van der Waals surface area contributed by atoms with Gasteiger partial charge in [0.25, 0.3) is 0 Å². The molecule has 0 aromatic heterocycles. The van der Waals surface area contributed by atoms with Crippen LogP contribution >= 0.6 is 0 Å². The summed E-state index contributed by atoms with van der Waals surface area (Å²) < 4.78 is 0. The SMILES string of the molecule is CN(C)CCNC(=O)N1CCN(c2ccc(C(=O)[O-])cc2)CC1.[Na+]. The molecule has 7 nitrogen and oxygen atoms in total. The number of carbonyl (C=O) groups excluding carboxylic acids is 2. The van der Waals surface area contributed by atoms with Gasteiger partial charge in [-0.1, -0.05) is 12.1 Å². The van der Waals surface area contributed by atoms with Crippen molar-refractivity contribution >= 4 is 17.7 Å². The minimum absolute atomic E-state index is 0. The summed E-state index contributed by atoms with van der Waals surface area (Å²) in [6.45, 7) is 4.21. The quantitative estimate of drug-likeness (QED) is 0.561. The molecule has 1 aliphatic heterocycles. The molecule has 0 atom stereocenters. The van der Waals surface area contributed by atoms with Crippen LogP contribution in [0.5, 0.6) is 0 Å². The molecule has 1 heterocycles. The molecule has 0 radical (unpaired) electrons. The van der Waals surface area contributed by atoms with E-state index in [1.165, 1.54) is 0 Å². The van der Waals surface area contributed by atoms with Crippen molar-refractivity contribution in [1.82, 2.24) is 15.1 Å². The Labute approximate surface area is 164 Å². The van der Waals surface area contributed by atoms with Gasteiger partial charge in [0.15, 0.2) is 0 Å². The van der Waals surface area contributed by atoms with Crippen LogP contribution < -0.4 is 44.9 Å². The van der Waals surface area contributed by atoms with Crippen molar-refractivity contribution in [1.29, 1.82) is 0 Å². The summed E-state index contributed by atoms with van der Waals surface area (Å²) in [5.74, 6) is -1.17. The minimum atomic E-state index is -1.17. The van der Waals surface area contributed by atoms with E-state index in [9.17, 15) is 14.7 Å². The molecular weight excluding hydrogens is 319 g/mol. The van der Waals surface area contributed by atoms with Gasteiger partial charge in [-0.3, -0.25) is 0 Å². The number of benzene rings is 1. The zero-order chi connectivity index (χ0) is 16.8. The van der Waals surface area contributed by atoms with E-state index in [0.29, 0.717) is 19.6 Å². The van der Waals surface area contributed by atoms with E-state index in [2.05, 4.69) is 10.2 Å². The standard InChI is InChI=1S/C16H24N4O3.Na/c1-18(2)8-7-17-16(23)20-11-9-19(10-12-20)14-5-3-13(4-6-14)15(21)22;/h3-6H,7-12H2,1-2H3,(H,17,23)(H,21,22);/q;+1/p-1. The largest absolute Gasteiger partial charge is 1.00 e. The number of nitrogens with one attached hydrogen (secondary N) is 1. The van der Waals surface area contributed by atoms with Crippen LogP contribution in [0.15, 0.2) is 24.3 Å². The molecule has 2 amide bonds. The molecule has 1 aromatic carbocycles. The fourth-order valence-corrected chi connectivity index (χ4v) is 2.47. The van der Waals surface area contributed by atoms with Crippen molar-refractivity contribution < 1.29 is 44.3 Å². The second-order valence-electron chi connectivity index (χ2n) is 5.84. The molecule has 126 valence electrons. The number of piperazine rings is 1. The molecule has 0 aliphatic carbocycles. The number of hydrogen-bond acceptors (Lipinski definition) is 5. The minimum Gasteiger partial charge on any atom is -0.545 e. The average molecular weight is 342 g/mol. The van der Waals surface area contributed by atoms with Crippen molar-refractivity contribution in [2.24, 2.45) is 0 Å². The number of aromatic carboxylic acids is 1. The van der Waals surface area contributed by atoms with Gasteiger partial charge in [-0.2, -0.15) is 0 Å². The summed E-state index contributed by atoms with van der Waals surface area (Å²) in [4.78, 5) is 28.8. The van der Waals surface area contributed by atoms with Crippen molar-refractivity contribution in [2.75, 3.05) is 58.3 Å². The number of nitrogens with zero attached hydrogens (tertiary/aromatic N) is 3. The van der Waals surface area contributed by atoms with Crippen LogP contribution in [0.1, 0.15) is 10.4 Å². The first kappa shape index (κ1) is 20.8. The van der Waals surface area contributed by atoms with Gasteiger partial charge in [-0.05, 0) is 31.8 Å². The van der Waals surface area contributed by atoms with E-state index >= 15 is 0 Å². The number of carboxylic acid groups (broad SMARTS) is 1. The first-order valence-electron chi connectivity index (χ1n) is 7.71. The van der Waals surface area contributed by atoms with E-state index in [1.54, 1.807) is 24.3 Å². The Hall–Kier alpha value is -1.28. The summed E-state index contributed by atoms with van der Waals surface area (Å²) in [5.41, 5.74) is 1.13. The third-order valence-electron chi connectivity index (χ3n) is 3.87. The van der Waals surface area contributed by atoms with Crippen LogP contribution in [0.2, 0.25) is 0 Å². The topological polar surface area (TPSA) is 79.0 Å². The zero-order valence-corrected chi connectivity index (χ0v) is 16.6. The van der Waals surface area contributed by atoms with Gasteiger partial charge >= 0.3 is 35.6 Å². The molecule has 0 saturated carbocycles. The van der Waals surface area contributed by atoms with E-state index in [1.807, 2.05) is 23.9 Å². The Balaban J connectivity index is 0.00000288. The smallest absolute Gasteiger partial charge is 0.545 e. The Morgan fingerprint density at radius 2 is 1.71 bits per heavy atom. The monoisotopic (exact) mass is 342 g/mol. The Bertz CT molecular complexity index is 543. The number of rotatable bonds is 5. The third kappa shape index (κ3) is 5.98. The fraction of sp³-hybridized carbons (Fsp3) is 0.500. The molecule has 0 bridgehead atoms. The maximum absolute atomic E-state index is 12.0. The third-order valence-corrected chi connectivity index (χ3v) is 3.87. The molecular formula is C16H23N4NaO3.